The molecule has 0 saturated carbocycles. The SMILES string of the molecule is CCOc1cc(C(=O)OCC(=O)Nc2cccc(OC)c2)ccc1OCC(=O)N1CCCCC1. The first kappa shape index (κ1) is 24.9. The summed E-state index contributed by atoms with van der Waals surface area (Å²) in [6.07, 6.45) is 3.15. The molecule has 2 aromatic rings. The summed E-state index contributed by atoms with van der Waals surface area (Å²) in [5, 5.41) is 2.64. The van der Waals surface area contributed by atoms with Gasteiger partial charge in [-0.2, -0.15) is 0 Å². The van der Waals surface area contributed by atoms with Gasteiger partial charge in [0, 0.05) is 24.8 Å². The van der Waals surface area contributed by atoms with Crippen molar-refractivity contribution >= 4 is 23.5 Å². The summed E-state index contributed by atoms with van der Waals surface area (Å²) in [5.74, 6) is 0.0372. The molecular weight excluding hydrogens is 440 g/mol. The van der Waals surface area contributed by atoms with Crippen molar-refractivity contribution in [3.63, 3.8) is 0 Å². The summed E-state index contributed by atoms with van der Waals surface area (Å²) >= 11 is 0. The lowest BCUT2D eigenvalue weighted by molar-refractivity contribution is -0.134. The van der Waals surface area contributed by atoms with E-state index in [4.69, 9.17) is 18.9 Å². The Morgan fingerprint density at radius 2 is 1.74 bits per heavy atom. The highest BCUT2D eigenvalue weighted by atomic mass is 16.5. The van der Waals surface area contributed by atoms with Crippen LogP contribution in [0.5, 0.6) is 17.2 Å². The van der Waals surface area contributed by atoms with Crippen molar-refractivity contribution in [2.24, 2.45) is 0 Å². The third-order valence-electron chi connectivity index (χ3n) is 5.23. The van der Waals surface area contributed by atoms with E-state index < -0.39 is 18.5 Å². The Kier molecular flexibility index (Phi) is 9.13. The Bertz CT molecular complexity index is 1000. The molecular formula is C25H30N2O7. The lowest BCUT2D eigenvalue weighted by Crippen LogP contribution is -2.38. The van der Waals surface area contributed by atoms with Crippen LogP contribution in [0.15, 0.2) is 42.5 Å². The molecule has 0 unspecified atom stereocenters. The monoisotopic (exact) mass is 470 g/mol. The topological polar surface area (TPSA) is 103 Å². The van der Waals surface area contributed by atoms with Gasteiger partial charge in [-0.25, -0.2) is 4.79 Å². The van der Waals surface area contributed by atoms with Crippen LogP contribution >= 0.6 is 0 Å². The number of benzene rings is 2. The zero-order valence-electron chi connectivity index (χ0n) is 19.5. The van der Waals surface area contributed by atoms with Crippen LogP contribution in [0.3, 0.4) is 0 Å². The first-order valence-electron chi connectivity index (χ1n) is 11.3. The number of carbonyl (C=O) groups excluding carboxylic acids is 3. The van der Waals surface area contributed by atoms with Crippen molar-refractivity contribution in [1.82, 2.24) is 4.90 Å². The van der Waals surface area contributed by atoms with Crippen molar-refractivity contribution in [2.45, 2.75) is 26.2 Å². The predicted molar refractivity (Wildman–Crippen MR) is 125 cm³/mol. The molecule has 1 N–H and O–H groups in total. The summed E-state index contributed by atoms with van der Waals surface area (Å²) in [6, 6.07) is 11.4. The molecule has 1 heterocycles. The Morgan fingerprint density at radius 3 is 2.47 bits per heavy atom. The number of piperidine rings is 1. The number of anilines is 1. The fraction of sp³-hybridized carbons (Fsp3) is 0.400. The highest BCUT2D eigenvalue weighted by Gasteiger charge is 2.19. The third-order valence-corrected chi connectivity index (χ3v) is 5.23. The molecule has 1 saturated heterocycles. The van der Waals surface area contributed by atoms with E-state index in [0.717, 1.165) is 32.4 Å². The van der Waals surface area contributed by atoms with Gasteiger partial charge >= 0.3 is 5.97 Å². The van der Waals surface area contributed by atoms with Crippen molar-refractivity contribution in [3.05, 3.63) is 48.0 Å². The minimum Gasteiger partial charge on any atom is -0.497 e. The summed E-state index contributed by atoms with van der Waals surface area (Å²) in [4.78, 5) is 38.8. The summed E-state index contributed by atoms with van der Waals surface area (Å²) < 4.78 is 21.5. The Hall–Kier alpha value is -3.75. The summed E-state index contributed by atoms with van der Waals surface area (Å²) in [6.45, 7) is 3.08. The predicted octanol–water partition coefficient (Wildman–Crippen LogP) is 3.28. The average Bonchev–Trinajstić information content (AvgIpc) is 2.87. The van der Waals surface area contributed by atoms with Gasteiger partial charge in [0.2, 0.25) is 0 Å². The standard InChI is InChI=1S/C25H30N2O7/c1-3-32-22-14-18(10-11-21(22)33-17-24(29)27-12-5-4-6-13-27)25(30)34-16-23(28)26-19-8-7-9-20(15-19)31-2/h7-11,14-15H,3-6,12-13,16-17H2,1-2H3,(H,26,28). The third kappa shape index (κ3) is 7.13. The van der Waals surface area contributed by atoms with Gasteiger partial charge in [0.05, 0.1) is 19.3 Å². The average molecular weight is 471 g/mol. The molecule has 2 aromatic carbocycles. The van der Waals surface area contributed by atoms with Gasteiger partial charge in [0.1, 0.15) is 5.75 Å². The van der Waals surface area contributed by atoms with E-state index in [-0.39, 0.29) is 18.1 Å². The second-order valence-electron chi connectivity index (χ2n) is 7.68. The van der Waals surface area contributed by atoms with Gasteiger partial charge in [-0.3, -0.25) is 9.59 Å². The number of esters is 1. The van der Waals surface area contributed by atoms with E-state index in [1.54, 1.807) is 42.2 Å². The maximum absolute atomic E-state index is 12.5. The van der Waals surface area contributed by atoms with Crippen LogP contribution in [-0.2, 0) is 14.3 Å². The first-order valence-corrected chi connectivity index (χ1v) is 11.3. The van der Waals surface area contributed by atoms with Crippen LogP contribution in [0, 0.1) is 0 Å². The fourth-order valence-corrected chi connectivity index (χ4v) is 3.51. The van der Waals surface area contributed by atoms with E-state index in [1.165, 1.54) is 19.2 Å². The molecule has 3 rings (SSSR count). The smallest absolute Gasteiger partial charge is 0.338 e. The molecule has 1 fully saturated rings. The maximum atomic E-state index is 12.5. The number of methoxy groups -OCH3 is 1. The van der Waals surface area contributed by atoms with Gasteiger partial charge in [-0.05, 0) is 56.5 Å². The van der Waals surface area contributed by atoms with Crippen LogP contribution in [-0.4, -0.2) is 62.7 Å². The molecule has 9 nitrogen and oxygen atoms in total. The minimum atomic E-state index is -0.683. The lowest BCUT2D eigenvalue weighted by Gasteiger charge is -2.26. The number of amides is 2. The van der Waals surface area contributed by atoms with E-state index in [0.29, 0.717) is 29.5 Å². The van der Waals surface area contributed by atoms with Gasteiger partial charge < -0.3 is 29.2 Å². The van der Waals surface area contributed by atoms with Crippen LogP contribution in [0.2, 0.25) is 0 Å². The normalized spacial score (nSPS) is 13.1. The van der Waals surface area contributed by atoms with Crippen LogP contribution in [0.4, 0.5) is 5.69 Å². The van der Waals surface area contributed by atoms with Crippen molar-refractivity contribution in [3.8, 4) is 17.2 Å². The van der Waals surface area contributed by atoms with Gasteiger partial charge in [0.25, 0.3) is 11.8 Å². The molecule has 0 spiro atoms. The highest BCUT2D eigenvalue weighted by Crippen LogP contribution is 2.29. The molecule has 0 aliphatic carbocycles. The van der Waals surface area contributed by atoms with E-state index >= 15 is 0 Å². The number of carbonyl (C=O) groups is 3. The molecule has 0 atom stereocenters. The fourth-order valence-electron chi connectivity index (χ4n) is 3.51. The number of nitrogens with zero attached hydrogens (tertiary/aromatic N) is 1. The van der Waals surface area contributed by atoms with Crippen LogP contribution < -0.4 is 19.5 Å². The van der Waals surface area contributed by atoms with Gasteiger partial charge in [-0.15, -0.1) is 0 Å². The molecule has 0 radical (unpaired) electrons. The largest absolute Gasteiger partial charge is 0.497 e. The second kappa shape index (κ2) is 12.5. The molecule has 2 amide bonds. The maximum Gasteiger partial charge on any atom is 0.338 e. The summed E-state index contributed by atoms with van der Waals surface area (Å²) in [7, 11) is 1.53. The Balaban J connectivity index is 1.55. The number of nitrogens with one attached hydrogen (secondary N) is 1. The molecule has 1 aliphatic rings. The van der Waals surface area contributed by atoms with E-state index in [9.17, 15) is 14.4 Å². The number of likely N-dealkylation sites (tertiary alicyclic amines) is 1. The molecule has 0 bridgehead atoms. The zero-order chi connectivity index (χ0) is 24.3. The quantitative estimate of drug-likeness (QED) is 0.532. The molecule has 182 valence electrons. The van der Waals surface area contributed by atoms with Gasteiger partial charge in [0.15, 0.2) is 24.7 Å². The number of rotatable bonds is 10. The molecule has 1 aliphatic heterocycles. The molecule has 34 heavy (non-hydrogen) atoms. The number of ether oxygens (including phenoxy) is 4. The minimum absolute atomic E-state index is 0.0762. The van der Waals surface area contributed by atoms with Crippen LogP contribution in [0.1, 0.15) is 36.5 Å². The van der Waals surface area contributed by atoms with E-state index in [1.807, 2.05) is 0 Å². The van der Waals surface area contributed by atoms with Crippen molar-refractivity contribution in [2.75, 3.05) is 45.3 Å². The second-order valence-corrected chi connectivity index (χ2v) is 7.68. The van der Waals surface area contributed by atoms with E-state index in [2.05, 4.69) is 5.32 Å². The van der Waals surface area contributed by atoms with Crippen molar-refractivity contribution in [1.29, 1.82) is 0 Å². The van der Waals surface area contributed by atoms with Crippen LogP contribution in [0.25, 0.3) is 0 Å². The first-order chi connectivity index (χ1) is 16.5. The van der Waals surface area contributed by atoms with Gasteiger partial charge in [-0.1, -0.05) is 6.07 Å². The van der Waals surface area contributed by atoms with Crippen molar-refractivity contribution < 1.29 is 33.3 Å². The number of hydrogen-bond donors (Lipinski definition) is 1. The zero-order valence-corrected chi connectivity index (χ0v) is 19.5. The molecule has 9 heteroatoms. The number of hydrogen-bond acceptors (Lipinski definition) is 7. The lowest BCUT2D eigenvalue weighted by atomic mass is 10.1. The highest BCUT2D eigenvalue weighted by molar-refractivity contribution is 5.95. The molecule has 0 aromatic heterocycles. The Labute approximate surface area is 198 Å². The Morgan fingerprint density at radius 1 is 0.941 bits per heavy atom. The summed E-state index contributed by atoms with van der Waals surface area (Å²) in [5.41, 5.74) is 0.729.